The Morgan fingerprint density at radius 1 is 1.03 bits per heavy atom. The molecule has 0 radical (unpaired) electrons. The number of ether oxygens (including phenoxy) is 1. The fraction of sp³-hybridized carbons (Fsp3) is 0.0455. The molecule has 170 valence electrons. The van der Waals surface area contributed by atoms with Crippen molar-refractivity contribution < 1.29 is 38.7 Å². The number of carbonyl (C=O) groups excluding carboxylic acids is 1. The minimum Gasteiger partial charge on any atom is -0.505 e. The summed E-state index contributed by atoms with van der Waals surface area (Å²) in [7, 11) is 0. The second kappa shape index (κ2) is 7.55. The third kappa shape index (κ3) is 3.16. The van der Waals surface area contributed by atoms with Gasteiger partial charge in [-0.3, -0.25) is 10.1 Å². The van der Waals surface area contributed by atoms with Crippen LogP contribution in [0.3, 0.4) is 0 Å². The van der Waals surface area contributed by atoms with E-state index in [1.807, 2.05) is 0 Å². The molecule has 3 aromatic carbocycles. The van der Waals surface area contributed by atoms with Crippen LogP contribution in [0.15, 0.2) is 53.1 Å². The number of phenols is 3. The molecule has 2 heterocycles. The molecule has 11 nitrogen and oxygen atoms in total. The molecule has 0 amide bonds. The lowest BCUT2D eigenvalue weighted by molar-refractivity contribution is -0.387. The number of nitro groups is 1. The summed E-state index contributed by atoms with van der Waals surface area (Å²) in [5, 5.41) is 45.7. The number of carbonyl (C=O) groups is 1. The van der Waals surface area contributed by atoms with Crippen molar-refractivity contribution in [2.24, 2.45) is 0 Å². The number of nitrogens with zero attached hydrogens (tertiary/aromatic N) is 3. The molecule has 0 bridgehead atoms. The number of esters is 1. The van der Waals surface area contributed by atoms with Crippen molar-refractivity contribution in [3.63, 3.8) is 0 Å². The van der Waals surface area contributed by atoms with Crippen LogP contribution in [-0.2, 0) is 4.74 Å². The molecule has 1 atom stereocenters. The first-order chi connectivity index (χ1) is 16.3. The fourth-order valence-electron chi connectivity index (χ4n) is 3.75. The first kappa shape index (κ1) is 20.9. The van der Waals surface area contributed by atoms with Crippen LogP contribution in [0.2, 0.25) is 0 Å². The molecule has 0 saturated carbocycles. The van der Waals surface area contributed by atoms with E-state index in [1.54, 1.807) is 12.1 Å². The van der Waals surface area contributed by atoms with E-state index in [1.165, 1.54) is 18.2 Å². The summed E-state index contributed by atoms with van der Waals surface area (Å²) in [6, 6.07) is 10.5. The van der Waals surface area contributed by atoms with E-state index in [9.17, 15) is 34.6 Å². The van der Waals surface area contributed by atoms with Crippen molar-refractivity contribution in [1.82, 2.24) is 10.1 Å². The number of halogens is 1. The Kier molecular flexibility index (Phi) is 4.64. The molecule has 34 heavy (non-hydrogen) atoms. The van der Waals surface area contributed by atoms with Gasteiger partial charge < -0.3 is 24.6 Å². The first-order valence-electron chi connectivity index (χ1n) is 9.62. The Labute approximate surface area is 188 Å². The zero-order valence-electron chi connectivity index (χ0n) is 16.8. The molecular weight excluding hydrogens is 453 g/mol. The number of cyclic esters (lactones) is 1. The number of rotatable bonds is 4. The van der Waals surface area contributed by atoms with Gasteiger partial charge in [-0.2, -0.15) is 4.98 Å². The number of hydrogen-bond donors (Lipinski definition) is 3. The number of hydrogen-bond acceptors (Lipinski definition) is 10. The summed E-state index contributed by atoms with van der Waals surface area (Å²) in [5.74, 6) is -4.56. The van der Waals surface area contributed by atoms with E-state index in [-0.39, 0.29) is 34.0 Å². The standard InChI is InChI=1S/C22H12FN3O8/c23-13-6-5-9(7-14(13)27)20-24-21(34-25-20)12-8-15(28)18(29)17(26(31)32)16(12)19-10-3-1-2-4-11(10)22(30)33-19/h1-8,19,27-29H. The smallest absolute Gasteiger partial charge is 0.339 e. The number of phenolic OH excluding ortho intramolecular Hbond substituents is 3. The minimum atomic E-state index is -1.32. The molecule has 4 aromatic rings. The van der Waals surface area contributed by atoms with E-state index in [0.29, 0.717) is 5.56 Å². The maximum absolute atomic E-state index is 13.4. The van der Waals surface area contributed by atoms with Crippen LogP contribution in [-0.4, -0.2) is 36.4 Å². The Hall–Kier alpha value is -5.00. The van der Waals surface area contributed by atoms with Crippen LogP contribution in [0.4, 0.5) is 10.1 Å². The van der Waals surface area contributed by atoms with Gasteiger partial charge in [0, 0.05) is 11.1 Å². The van der Waals surface area contributed by atoms with Gasteiger partial charge in [0.2, 0.25) is 11.6 Å². The zero-order valence-corrected chi connectivity index (χ0v) is 16.8. The van der Waals surface area contributed by atoms with Crippen molar-refractivity contribution in [2.75, 3.05) is 0 Å². The maximum atomic E-state index is 13.4. The van der Waals surface area contributed by atoms with Gasteiger partial charge in [0.05, 0.1) is 21.6 Å². The summed E-state index contributed by atoms with van der Waals surface area (Å²) >= 11 is 0. The van der Waals surface area contributed by atoms with Crippen molar-refractivity contribution in [1.29, 1.82) is 0 Å². The maximum Gasteiger partial charge on any atom is 0.339 e. The quantitative estimate of drug-likeness (QED) is 0.174. The molecule has 1 aliphatic heterocycles. The molecular formula is C22H12FN3O8. The van der Waals surface area contributed by atoms with E-state index < -0.39 is 45.7 Å². The average molecular weight is 465 g/mol. The second-order valence-electron chi connectivity index (χ2n) is 7.27. The molecule has 1 aliphatic rings. The van der Waals surface area contributed by atoms with E-state index in [2.05, 4.69) is 10.1 Å². The highest BCUT2D eigenvalue weighted by molar-refractivity contribution is 5.95. The Morgan fingerprint density at radius 2 is 1.79 bits per heavy atom. The van der Waals surface area contributed by atoms with Gasteiger partial charge in [0.25, 0.3) is 5.89 Å². The lowest BCUT2D eigenvalue weighted by atomic mass is 9.93. The van der Waals surface area contributed by atoms with Gasteiger partial charge in [-0.25, -0.2) is 9.18 Å². The van der Waals surface area contributed by atoms with Gasteiger partial charge in [0.1, 0.15) is 0 Å². The number of fused-ring (bicyclic) bond motifs is 1. The average Bonchev–Trinajstić information content (AvgIpc) is 3.42. The van der Waals surface area contributed by atoms with Crippen molar-refractivity contribution in [2.45, 2.75) is 6.10 Å². The topological polar surface area (TPSA) is 169 Å². The number of aromatic hydroxyl groups is 3. The highest BCUT2D eigenvalue weighted by Gasteiger charge is 2.41. The van der Waals surface area contributed by atoms with E-state index in [4.69, 9.17) is 9.26 Å². The predicted molar refractivity (Wildman–Crippen MR) is 110 cm³/mol. The van der Waals surface area contributed by atoms with Gasteiger partial charge in [0.15, 0.2) is 23.4 Å². The largest absolute Gasteiger partial charge is 0.505 e. The SMILES string of the molecule is O=C1OC(c2c(-c3nc(-c4ccc(F)c(O)c4)no3)cc(O)c(O)c2[N+](=O)[O-])c2ccccc21. The highest BCUT2D eigenvalue weighted by atomic mass is 19.1. The molecule has 0 fully saturated rings. The van der Waals surface area contributed by atoms with E-state index in [0.717, 1.165) is 18.2 Å². The Morgan fingerprint density at radius 3 is 2.53 bits per heavy atom. The fourth-order valence-corrected chi connectivity index (χ4v) is 3.75. The molecule has 0 spiro atoms. The van der Waals surface area contributed by atoms with Crippen LogP contribution in [0, 0.1) is 15.9 Å². The monoisotopic (exact) mass is 465 g/mol. The van der Waals surface area contributed by atoms with Crippen LogP contribution in [0.5, 0.6) is 17.2 Å². The van der Waals surface area contributed by atoms with E-state index >= 15 is 0 Å². The number of benzene rings is 3. The molecule has 0 aliphatic carbocycles. The molecule has 1 aromatic heterocycles. The predicted octanol–water partition coefficient (Wildman–Crippen LogP) is 3.83. The second-order valence-corrected chi connectivity index (χ2v) is 7.27. The third-order valence-electron chi connectivity index (χ3n) is 5.29. The Balaban J connectivity index is 1.73. The van der Waals surface area contributed by atoms with Crippen molar-refractivity contribution in [3.8, 4) is 40.1 Å². The lowest BCUT2D eigenvalue weighted by Gasteiger charge is -2.16. The number of aromatic nitrogens is 2. The normalized spacial score (nSPS) is 14.6. The van der Waals surface area contributed by atoms with Gasteiger partial charge in [-0.05, 0) is 30.3 Å². The van der Waals surface area contributed by atoms with Crippen molar-refractivity contribution >= 4 is 11.7 Å². The minimum absolute atomic E-state index is 0.102. The lowest BCUT2D eigenvalue weighted by Crippen LogP contribution is -2.07. The van der Waals surface area contributed by atoms with Gasteiger partial charge >= 0.3 is 11.7 Å². The molecule has 3 N–H and O–H groups in total. The van der Waals surface area contributed by atoms with Crippen LogP contribution in [0.25, 0.3) is 22.8 Å². The number of nitro benzene ring substituents is 1. The van der Waals surface area contributed by atoms with Crippen LogP contribution >= 0.6 is 0 Å². The van der Waals surface area contributed by atoms with Crippen molar-refractivity contribution in [3.05, 3.63) is 81.2 Å². The highest BCUT2D eigenvalue weighted by Crippen LogP contribution is 2.50. The van der Waals surface area contributed by atoms with Crippen LogP contribution in [0.1, 0.15) is 27.6 Å². The summed E-state index contributed by atoms with van der Waals surface area (Å²) < 4.78 is 24.0. The molecule has 0 saturated heterocycles. The summed E-state index contributed by atoms with van der Waals surface area (Å²) in [6.07, 6.45) is -1.32. The molecule has 1 unspecified atom stereocenters. The zero-order chi connectivity index (χ0) is 24.1. The first-order valence-corrected chi connectivity index (χ1v) is 9.62. The van der Waals surface area contributed by atoms with Gasteiger partial charge in [-0.1, -0.05) is 23.4 Å². The third-order valence-corrected chi connectivity index (χ3v) is 5.29. The Bertz CT molecular complexity index is 1500. The molecule has 12 heteroatoms. The molecule has 5 rings (SSSR count). The van der Waals surface area contributed by atoms with Crippen LogP contribution < -0.4 is 0 Å². The van der Waals surface area contributed by atoms with Gasteiger partial charge in [-0.15, -0.1) is 0 Å². The summed E-state index contributed by atoms with van der Waals surface area (Å²) in [6.45, 7) is 0. The summed E-state index contributed by atoms with van der Waals surface area (Å²) in [5.41, 5.74) is -0.745. The summed E-state index contributed by atoms with van der Waals surface area (Å²) in [4.78, 5) is 27.5.